The van der Waals surface area contributed by atoms with Crippen LogP contribution in [0.5, 0.6) is 0 Å². The molecule has 2 nitrogen and oxygen atoms in total. The molecule has 0 spiro atoms. The van der Waals surface area contributed by atoms with E-state index >= 15 is 0 Å². The molecule has 0 saturated carbocycles. The first kappa shape index (κ1) is 12.9. The van der Waals surface area contributed by atoms with Crippen molar-refractivity contribution in [2.75, 3.05) is 0 Å². The van der Waals surface area contributed by atoms with E-state index in [1.807, 2.05) is 19.1 Å². The molecular formula is C14H10Cl2O2. The maximum absolute atomic E-state index is 11.0. The summed E-state index contributed by atoms with van der Waals surface area (Å²) in [6.45, 7) is 1.86. The Kier molecular flexibility index (Phi) is 3.60. The molecule has 2 aromatic carbocycles. The zero-order valence-corrected chi connectivity index (χ0v) is 11.1. The summed E-state index contributed by atoms with van der Waals surface area (Å²) in [5.41, 5.74) is 2.72. The second-order valence-corrected chi connectivity index (χ2v) is 4.79. The third-order valence-corrected chi connectivity index (χ3v) is 3.39. The van der Waals surface area contributed by atoms with E-state index in [9.17, 15) is 4.79 Å². The smallest absolute Gasteiger partial charge is 0.335 e. The fourth-order valence-corrected chi connectivity index (χ4v) is 2.08. The summed E-state index contributed by atoms with van der Waals surface area (Å²) in [5.74, 6) is -0.993. The average Bonchev–Trinajstić information content (AvgIpc) is 2.33. The average molecular weight is 281 g/mol. The molecule has 0 fully saturated rings. The number of hydrogen-bond acceptors (Lipinski definition) is 1. The van der Waals surface area contributed by atoms with E-state index in [0.717, 1.165) is 16.7 Å². The Hall–Kier alpha value is -1.51. The van der Waals surface area contributed by atoms with Gasteiger partial charge in [-0.25, -0.2) is 4.79 Å². The number of carbonyl (C=O) groups is 1. The van der Waals surface area contributed by atoms with Gasteiger partial charge in [0.1, 0.15) is 0 Å². The Morgan fingerprint density at radius 3 is 2.28 bits per heavy atom. The first-order valence-corrected chi connectivity index (χ1v) is 6.04. The van der Waals surface area contributed by atoms with Crippen molar-refractivity contribution in [3.05, 3.63) is 57.6 Å². The van der Waals surface area contributed by atoms with Gasteiger partial charge >= 0.3 is 5.97 Å². The molecule has 4 heteroatoms. The van der Waals surface area contributed by atoms with Gasteiger partial charge in [0, 0.05) is 10.0 Å². The van der Waals surface area contributed by atoms with Gasteiger partial charge in [0.2, 0.25) is 0 Å². The number of halogens is 2. The Morgan fingerprint density at radius 1 is 1.11 bits per heavy atom. The molecule has 2 aromatic rings. The minimum Gasteiger partial charge on any atom is -0.478 e. The van der Waals surface area contributed by atoms with Crippen LogP contribution in [-0.4, -0.2) is 11.1 Å². The highest BCUT2D eigenvalue weighted by atomic mass is 35.5. The van der Waals surface area contributed by atoms with Gasteiger partial charge in [0.25, 0.3) is 0 Å². The van der Waals surface area contributed by atoms with Crippen LogP contribution < -0.4 is 0 Å². The Labute approximate surface area is 115 Å². The standard InChI is InChI=1S/C14H10Cl2O2/c1-8-12(9-2-4-11(15)5-3-9)6-10(14(17)18)7-13(8)16/h2-7H,1H3,(H,17,18). The summed E-state index contributed by atoms with van der Waals surface area (Å²) in [4.78, 5) is 11.0. The van der Waals surface area contributed by atoms with Crippen molar-refractivity contribution in [2.45, 2.75) is 6.92 Å². The normalized spacial score (nSPS) is 10.4. The van der Waals surface area contributed by atoms with E-state index in [-0.39, 0.29) is 5.56 Å². The van der Waals surface area contributed by atoms with Crippen molar-refractivity contribution in [1.29, 1.82) is 0 Å². The van der Waals surface area contributed by atoms with Crippen LogP contribution in [0.2, 0.25) is 10.0 Å². The predicted molar refractivity (Wildman–Crippen MR) is 73.6 cm³/mol. The van der Waals surface area contributed by atoms with E-state index in [1.54, 1.807) is 18.2 Å². The van der Waals surface area contributed by atoms with Crippen LogP contribution in [0.15, 0.2) is 36.4 Å². The highest BCUT2D eigenvalue weighted by Crippen LogP contribution is 2.30. The third kappa shape index (κ3) is 2.50. The highest BCUT2D eigenvalue weighted by molar-refractivity contribution is 6.32. The third-order valence-electron chi connectivity index (χ3n) is 2.75. The van der Waals surface area contributed by atoms with Gasteiger partial charge in [-0.05, 0) is 47.9 Å². The molecule has 0 aliphatic rings. The Morgan fingerprint density at radius 2 is 1.72 bits per heavy atom. The van der Waals surface area contributed by atoms with Crippen LogP contribution in [0.4, 0.5) is 0 Å². The summed E-state index contributed by atoms with van der Waals surface area (Å²) in [6, 6.07) is 10.3. The van der Waals surface area contributed by atoms with Gasteiger partial charge < -0.3 is 5.11 Å². The number of hydrogen-bond donors (Lipinski definition) is 1. The van der Waals surface area contributed by atoms with E-state index in [4.69, 9.17) is 28.3 Å². The maximum Gasteiger partial charge on any atom is 0.335 e. The molecule has 0 atom stereocenters. The molecular weight excluding hydrogens is 271 g/mol. The minimum atomic E-state index is -0.993. The fourth-order valence-electron chi connectivity index (χ4n) is 1.73. The van der Waals surface area contributed by atoms with E-state index < -0.39 is 5.97 Å². The second kappa shape index (κ2) is 5.01. The van der Waals surface area contributed by atoms with Gasteiger partial charge in [0.05, 0.1) is 5.56 Å². The van der Waals surface area contributed by atoms with Gasteiger partial charge in [-0.3, -0.25) is 0 Å². The second-order valence-electron chi connectivity index (χ2n) is 3.94. The van der Waals surface area contributed by atoms with Gasteiger partial charge in [-0.1, -0.05) is 35.3 Å². The molecule has 0 aromatic heterocycles. The number of aromatic carboxylic acids is 1. The van der Waals surface area contributed by atoms with Crippen LogP contribution in [0.25, 0.3) is 11.1 Å². The van der Waals surface area contributed by atoms with Crippen molar-refractivity contribution >= 4 is 29.2 Å². The van der Waals surface area contributed by atoms with E-state index in [2.05, 4.69) is 0 Å². The number of carboxylic acids is 1. The first-order valence-electron chi connectivity index (χ1n) is 5.28. The lowest BCUT2D eigenvalue weighted by Gasteiger charge is -2.09. The zero-order valence-electron chi connectivity index (χ0n) is 9.58. The van der Waals surface area contributed by atoms with Crippen molar-refractivity contribution in [3.8, 4) is 11.1 Å². The zero-order chi connectivity index (χ0) is 13.3. The fraction of sp³-hybridized carbons (Fsp3) is 0.0714. The molecule has 2 rings (SSSR count). The lowest BCUT2D eigenvalue weighted by molar-refractivity contribution is 0.0697. The minimum absolute atomic E-state index is 0.176. The molecule has 0 aliphatic heterocycles. The SMILES string of the molecule is Cc1c(Cl)cc(C(=O)O)cc1-c1ccc(Cl)cc1. The van der Waals surface area contributed by atoms with Crippen molar-refractivity contribution in [1.82, 2.24) is 0 Å². The topological polar surface area (TPSA) is 37.3 Å². The number of benzene rings is 2. The van der Waals surface area contributed by atoms with Crippen LogP contribution in [0.3, 0.4) is 0 Å². The summed E-state index contributed by atoms with van der Waals surface area (Å²) >= 11 is 11.9. The first-order chi connectivity index (χ1) is 8.49. The molecule has 1 N–H and O–H groups in total. The Bertz CT molecular complexity index is 604. The van der Waals surface area contributed by atoms with E-state index in [1.165, 1.54) is 6.07 Å². The summed E-state index contributed by atoms with van der Waals surface area (Å²) in [5, 5.41) is 10.1. The largest absolute Gasteiger partial charge is 0.478 e. The van der Waals surface area contributed by atoms with Crippen LogP contribution in [0, 0.1) is 6.92 Å². The summed E-state index contributed by atoms with van der Waals surface area (Å²) in [6.07, 6.45) is 0. The molecule has 0 saturated heterocycles. The highest BCUT2D eigenvalue weighted by Gasteiger charge is 2.11. The molecule has 18 heavy (non-hydrogen) atoms. The predicted octanol–water partition coefficient (Wildman–Crippen LogP) is 4.67. The van der Waals surface area contributed by atoms with Crippen LogP contribution in [0.1, 0.15) is 15.9 Å². The quantitative estimate of drug-likeness (QED) is 0.868. The van der Waals surface area contributed by atoms with Crippen LogP contribution in [-0.2, 0) is 0 Å². The van der Waals surface area contributed by atoms with Crippen molar-refractivity contribution in [3.63, 3.8) is 0 Å². The lowest BCUT2D eigenvalue weighted by Crippen LogP contribution is -1.98. The van der Waals surface area contributed by atoms with Gasteiger partial charge in [-0.2, -0.15) is 0 Å². The lowest BCUT2D eigenvalue weighted by atomic mass is 9.98. The Balaban J connectivity index is 2.62. The van der Waals surface area contributed by atoms with Crippen LogP contribution >= 0.6 is 23.2 Å². The molecule has 0 bridgehead atoms. The van der Waals surface area contributed by atoms with Crippen molar-refractivity contribution < 1.29 is 9.90 Å². The molecule has 0 amide bonds. The summed E-state index contributed by atoms with van der Waals surface area (Å²) < 4.78 is 0. The molecule has 0 heterocycles. The molecule has 0 unspecified atom stereocenters. The van der Waals surface area contributed by atoms with Gasteiger partial charge in [0.15, 0.2) is 0 Å². The van der Waals surface area contributed by atoms with Gasteiger partial charge in [-0.15, -0.1) is 0 Å². The molecule has 92 valence electrons. The molecule has 0 aliphatic carbocycles. The number of carboxylic acid groups (broad SMARTS) is 1. The molecule has 0 radical (unpaired) electrons. The number of rotatable bonds is 2. The maximum atomic E-state index is 11.0. The van der Waals surface area contributed by atoms with Crippen molar-refractivity contribution in [2.24, 2.45) is 0 Å². The summed E-state index contributed by atoms with van der Waals surface area (Å²) in [7, 11) is 0. The van der Waals surface area contributed by atoms with E-state index in [0.29, 0.717) is 10.0 Å². The monoisotopic (exact) mass is 280 g/mol.